The zero-order valence-corrected chi connectivity index (χ0v) is 15.3. The van der Waals surface area contributed by atoms with E-state index in [1.807, 2.05) is 0 Å². The molecule has 1 fully saturated rings. The number of carbonyl (C=O) groups is 1. The molecule has 0 amide bonds. The van der Waals surface area contributed by atoms with Crippen LogP contribution in [0.3, 0.4) is 0 Å². The van der Waals surface area contributed by atoms with Gasteiger partial charge in [-0.15, -0.1) is 0 Å². The highest BCUT2D eigenvalue weighted by atomic mass is 19.1. The molecule has 2 heterocycles. The molecule has 5 heteroatoms. The zero-order chi connectivity index (χ0) is 18.3. The second-order valence-corrected chi connectivity index (χ2v) is 7.94. The van der Waals surface area contributed by atoms with Crippen molar-refractivity contribution in [1.82, 2.24) is 0 Å². The van der Waals surface area contributed by atoms with Crippen molar-refractivity contribution in [3.8, 4) is 0 Å². The summed E-state index contributed by atoms with van der Waals surface area (Å²) in [5, 5.41) is 0. The summed E-state index contributed by atoms with van der Waals surface area (Å²) in [5.41, 5.74) is 1.17. The van der Waals surface area contributed by atoms with E-state index in [-0.39, 0.29) is 11.9 Å². The van der Waals surface area contributed by atoms with Crippen molar-refractivity contribution in [3.63, 3.8) is 0 Å². The normalized spacial score (nSPS) is 29.0. The molecule has 0 aromatic heterocycles. The van der Waals surface area contributed by atoms with Gasteiger partial charge in [0.25, 0.3) is 0 Å². The highest BCUT2D eigenvalue weighted by molar-refractivity contribution is 5.91. The summed E-state index contributed by atoms with van der Waals surface area (Å²) in [6.07, 6.45) is 6.00. The maximum Gasteiger partial charge on any atom is 0.343 e. The summed E-state index contributed by atoms with van der Waals surface area (Å²) in [6.45, 7) is 3.49. The highest BCUT2D eigenvalue weighted by Crippen LogP contribution is 2.45. The molecule has 0 spiro atoms. The molecular formula is C21H25FO4. The molecule has 1 aromatic carbocycles. The van der Waals surface area contributed by atoms with Crippen molar-refractivity contribution in [3.05, 3.63) is 47.0 Å². The van der Waals surface area contributed by atoms with Crippen LogP contribution < -0.4 is 0 Å². The Morgan fingerprint density at radius 1 is 1.04 bits per heavy atom. The number of hydrogen-bond acceptors (Lipinski definition) is 4. The number of cyclic esters (lactones) is 1. The van der Waals surface area contributed by atoms with Crippen molar-refractivity contribution in [2.24, 2.45) is 5.92 Å². The Hall–Kier alpha value is -1.88. The van der Waals surface area contributed by atoms with Crippen LogP contribution in [0.15, 0.2) is 35.6 Å². The molecule has 1 aromatic rings. The number of halogens is 1. The Bertz CT molecular complexity index is 716. The van der Waals surface area contributed by atoms with E-state index >= 15 is 0 Å². The van der Waals surface area contributed by atoms with Gasteiger partial charge >= 0.3 is 5.97 Å². The number of esters is 1. The van der Waals surface area contributed by atoms with E-state index in [1.165, 1.54) is 31.4 Å². The first-order chi connectivity index (χ1) is 12.4. The molecule has 0 radical (unpaired) electrons. The van der Waals surface area contributed by atoms with Gasteiger partial charge < -0.3 is 14.2 Å². The number of hydrogen-bond donors (Lipinski definition) is 0. The topological polar surface area (TPSA) is 44.8 Å². The maximum atomic E-state index is 13.4. The Kier molecular flexibility index (Phi) is 4.51. The van der Waals surface area contributed by atoms with Crippen LogP contribution in [-0.4, -0.2) is 17.9 Å². The molecule has 4 nitrogen and oxygen atoms in total. The van der Waals surface area contributed by atoms with Crippen molar-refractivity contribution in [2.75, 3.05) is 0 Å². The minimum Gasteiger partial charge on any atom is -0.456 e. The fourth-order valence-corrected chi connectivity index (χ4v) is 4.31. The molecule has 2 aliphatic heterocycles. The predicted octanol–water partition coefficient (Wildman–Crippen LogP) is 4.80. The molecule has 0 saturated heterocycles. The molecule has 0 bridgehead atoms. The minimum absolute atomic E-state index is 0.00537. The minimum atomic E-state index is -0.974. The van der Waals surface area contributed by atoms with Gasteiger partial charge in [0.1, 0.15) is 23.3 Å². The molecular weight excluding hydrogens is 335 g/mol. The average Bonchev–Trinajstić information content (AvgIpc) is 2.61. The van der Waals surface area contributed by atoms with Crippen LogP contribution in [0.5, 0.6) is 0 Å². The lowest BCUT2D eigenvalue weighted by Gasteiger charge is -2.43. The Balaban J connectivity index is 1.71. The fraction of sp³-hybridized carbons (Fsp3) is 0.571. The molecule has 1 aliphatic carbocycles. The molecule has 140 valence electrons. The summed E-state index contributed by atoms with van der Waals surface area (Å²) in [4.78, 5) is 12.7. The van der Waals surface area contributed by atoms with Crippen molar-refractivity contribution in [2.45, 2.75) is 70.4 Å². The van der Waals surface area contributed by atoms with Gasteiger partial charge in [0.15, 0.2) is 0 Å². The van der Waals surface area contributed by atoms with Gasteiger partial charge in [-0.3, -0.25) is 0 Å². The third-order valence-corrected chi connectivity index (χ3v) is 5.54. The standard InChI is InChI=1S/C21H25FO4/c1-21(2)25-17-12-16(13-6-4-3-5-7-13)24-19(18(17)20(23)26-21)14-8-10-15(22)11-9-14/h8-11,13,16,19H,3-7,12H2,1-2H3/t16-,19+/m0/s1. The monoisotopic (exact) mass is 360 g/mol. The molecule has 26 heavy (non-hydrogen) atoms. The second kappa shape index (κ2) is 6.69. The fourth-order valence-electron chi connectivity index (χ4n) is 4.31. The summed E-state index contributed by atoms with van der Waals surface area (Å²) in [6, 6.07) is 6.12. The third kappa shape index (κ3) is 3.37. The second-order valence-electron chi connectivity index (χ2n) is 7.94. The molecule has 0 unspecified atom stereocenters. The lowest BCUT2D eigenvalue weighted by molar-refractivity contribution is -0.219. The van der Waals surface area contributed by atoms with E-state index in [1.54, 1.807) is 26.0 Å². The van der Waals surface area contributed by atoms with Crippen molar-refractivity contribution in [1.29, 1.82) is 0 Å². The van der Waals surface area contributed by atoms with E-state index in [4.69, 9.17) is 14.2 Å². The molecule has 0 N–H and O–H groups in total. The van der Waals surface area contributed by atoms with Crippen LogP contribution >= 0.6 is 0 Å². The smallest absolute Gasteiger partial charge is 0.343 e. The quantitative estimate of drug-likeness (QED) is 0.711. The predicted molar refractivity (Wildman–Crippen MR) is 93.5 cm³/mol. The lowest BCUT2D eigenvalue weighted by atomic mass is 9.81. The maximum absolute atomic E-state index is 13.4. The molecule has 4 rings (SSSR count). The largest absolute Gasteiger partial charge is 0.456 e. The van der Waals surface area contributed by atoms with E-state index in [9.17, 15) is 9.18 Å². The summed E-state index contributed by atoms with van der Waals surface area (Å²) in [5.74, 6) is -0.566. The summed E-state index contributed by atoms with van der Waals surface area (Å²) in [7, 11) is 0. The van der Waals surface area contributed by atoms with Gasteiger partial charge in [0, 0.05) is 20.3 Å². The van der Waals surface area contributed by atoms with Crippen LogP contribution in [0.1, 0.15) is 64.0 Å². The summed E-state index contributed by atoms with van der Waals surface area (Å²) >= 11 is 0. The van der Waals surface area contributed by atoms with Gasteiger partial charge in [-0.2, -0.15) is 0 Å². The number of carbonyl (C=O) groups excluding carboxylic acids is 1. The van der Waals surface area contributed by atoms with Gasteiger partial charge in [-0.25, -0.2) is 9.18 Å². The Labute approximate surface area is 153 Å². The number of rotatable bonds is 2. The molecule has 2 atom stereocenters. The van der Waals surface area contributed by atoms with Crippen molar-refractivity contribution < 1.29 is 23.4 Å². The highest BCUT2D eigenvalue weighted by Gasteiger charge is 2.45. The average molecular weight is 360 g/mol. The van der Waals surface area contributed by atoms with E-state index in [0.29, 0.717) is 23.7 Å². The lowest BCUT2D eigenvalue weighted by Crippen LogP contribution is -2.43. The zero-order valence-electron chi connectivity index (χ0n) is 15.3. The Morgan fingerprint density at radius 2 is 1.73 bits per heavy atom. The first-order valence-corrected chi connectivity index (χ1v) is 9.49. The first-order valence-electron chi connectivity index (χ1n) is 9.49. The summed E-state index contributed by atoms with van der Waals surface area (Å²) < 4.78 is 31.2. The van der Waals surface area contributed by atoms with Gasteiger partial charge in [-0.1, -0.05) is 31.4 Å². The number of ether oxygens (including phenoxy) is 3. The van der Waals surface area contributed by atoms with E-state index in [0.717, 1.165) is 18.4 Å². The van der Waals surface area contributed by atoms with E-state index in [2.05, 4.69) is 0 Å². The third-order valence-electron chi connectivity index (χ3n) is 5.54. The van der Waals surface area contributed by atoms with Crippen LogP contribution in [-0.2, 0) is 19.0 Å². The molecule has 1 saturated carbocycles. The Morgan fingerprint density at radius 3 is 2.42 bits per heavy atom. The van der Waals surface area contributed by atoms with Crippen LogP contribution in [0.4, 0.5) is 4.39 Å². The molecule has 3 aliphatic rings. The van der Waals surface area contributed by atoms with Gasteiger partial charge in [0.2, 0.25) is 5.79 Å². The van der Waals surface area contributed by atoms with Crippen LogP contribution in [0.25, 0.3) is 0 Å². The number of benzene rings is 1. The van der Waals surface area contributed by atoms with Gasteiger partial charge in [-0.05, 0) is 36.5 Å². The SMILES string of the molecule is CC1(C)OC(=O)C2=C(C[C@@H](C3CCCCC3)O[C@@H]2c2ccc(F)cc2)O1. The van der Waals surface area contributed by atoms with Gasteiger partial charge in [0.05, 0.1) is 6.10 Å². The van der Waals surface area contributed by atoms with Crippen LogP contribution in [0, 0.1) is 11.7 Å². The first kappa shape index (κ1) is 17.5. The van der Waals surface area contributed by atoms with Crippen molar-refractivity contribution >= 4 is 5.97 Å². The van der Waals surface area contributed by atoms with E-state index < -0.39 is 17.9 Å². The van der Waals surface area contributed by atoms with Crippen LogP contribution in [0.2, 0.25) is 0 Å².